The van der Waals surface area contributed by atoms with E-state index in [2.05, 4.69) is 22.2 Å². The molecule has 1 aromatic heterocycles. The molecule has 9 heteroatoms. The Bertz CT molecular complexity index is 1060. The van der Waals surface area contributed by atoms with Crippen LogP contribution < -0.4 is 9.47 Å². The first-order chi connectivity index (χ1) is 14.0. The van der Waals surface area contributed by atoms with Crippen LogP contribution in [0.3, 0.4) is 0 Å². The van der Waals surface area contributed by atoms with Crippen molar-refractivity contribution in [2.45, 2.75) is 26.4 Å². The quantitative estimate of drug-likeness (QED) is 0.393. The molecule has 0 bridgehead atoms. The van der Waals surface area contributed by atoms with Gasteiger partial charge in [-0.2, -0.15) is 14.9 Å². The first-order valence-electron chi connectivity index (χ1n) is 8.97. The van der Waals surface area contributed by atoms with Crippen molar-refractivity contribution in [1.29, 1.82) is 0 Å². The Morgan fingerprint density at radius 2 is 2.14 bits per heavy atom. The molecule has 0 spiro atoms. The molecule has 0 aliphatic rings. The summed E-state index contributed by atoms with van der Waals surface area (Å²) in [6.45, 7) is 2.05. The monoisotopic (exact) mass is 434 g/mol. The molecule has 0 saturated carbocycles. The van der Waals surface area contributed by atoms with Gasteiger partial charge in [0.15, 0.2) is 17.3 Å². The van der Waals surface area contributed by atoms with Gasteiger partial charge in [-0.05, 0) is 54.5 Å². The Balaban J connectivity index is 1.79. The molecule has 3 rings (SSSR count). The molecule has 0 aliphatic heterocycles. The van der Waals surface area contributed by atoms with Gasteiger partial charge in [-0.1, -0.05) is 24.6 Å². The highest BCUT2D eigenvalue weighted by atomic mass is 35.5. The van der Waals surface area contributed by atoms with E-state index in [0.717, 1.165) is 24.2 Å². The van der Waals surface area contributed by atoms with E-state index < -0.39 is 5.82 Å². The van der Waals surface area contributed by atoms with E-state index in [9.17, 15) is 4.39 Å². The third kappa shape index (κ3) is 5.02. The van der Waals surface area contributed by atoms with Crippen LogP contribution in [-0.2, 0) is 13.0 Å². The number of nitrogens with zero attached hydrogens (tertiary/aromatic N) is 3. The predicted molar refractivity (Wildman–Crippen MR) is 113 cm³/mol. The maximum atomic E-state index is 13.9. The highest BCUT2D eigenvalue weighted by molar-refractivity contribution is 7.71. The van der Waals surface area contributed by atoms with Crippen LogP contribution >= 0.6 is 23.8 Å². The summed E-state index contributed by atoms with van der Waals surface area (Å²) in [6.07, 6.45) is 3.35. The number of aromatic amines is 1. The third-order valence-electron chi connectivity index (χ3n) is 4.13. The zero-order valence-electron chi connectivity index (χ0n) is 16.0. The smallest absolute Gasteiger partial charge is 0.216 e. The van der Waals surface area contributed by atoms with E-state index in [-0.39, 0.29) is 6.61 Å². The Morgan fingerprint density at radius 3 is 2.86 bits per heavy atom. The SMILES string of the molecule is CCCc1n[nH]c(=S)n1/N=C\c1ccc(OCc2c(F)cccc2Cl)c(OC)c1. The van der Waals surface area contributed by atoms with Crippen LogP contribution in [0.4, 0.5) is 4.39 Å². The fourth-order valence-electron chi connectivity index (χ4n) is 2.66. The minimum absolute atomic E-state index is 0.0140. The van der Waals surface area contributed by atoms with Crippen LogP contribution in [-0.4, -0.2) is 28.2 Å². The second kappa shape index (κ2) is 9.67. The van der Waals surface area contributed by atoms with Crippen molar-refractivity contribution < 1.29 is 13.9 Å². The minimum Gasteiger partial charge on any atom is -0.493 e. The second-order valence-corrected chi connectivity index (χ2v) is 6.94. The van der Waals surface area contributed by atoms with Crippen molar-refractivity contribution >= 4 is 30.0 Å². The lowest BCUT2D eigenvalue weighted by atomic mass is 10.2. The molecule has 0 radical (unpaired) electrons. The van der Waals surface area contributed by atoms with Crippen molar-refractivity contribution in [3.63, 3.8) is 0 Å². The number of benzene rings is 2. The van der Waals surface area contributed by atoms with Gasteiger partial charge in [0, 0.05) is 12.0 Å². The molecule has 0 unspecified atom stereocenters. The molecule has 1 N–H and O–H groups in total. The summed E-state index contributed by atoms with van der Waals surface area (Å²) in [7, 11) is 1.53. The van der Waals surface area contributed by atoms with Crippen molar-refractivity contribution in [2.75, 3.05) is 7.11 Å². The molecule has 0 atom stereocenters. The van der Waals surface area contributed by atoms with Gasteiger partial charge in [0.05, 0.1) is 18.3 Å². The Hall–Kier alpha value is -2.71. The molecule has 0 fully saturated rings. The van der Waals surface area contributed by atoms with Crippen LogP contribution in [0.15, 0.2) is 41.5 Å². The van der Waals surface area contributed by atoms with Gasteiger partial charge in [-0.25, -0.2) is 4.39 Å². The zero-order valence-corrected chi connectivity index (χ0v) is 17.6. The van der Waals surface area contributed by atoms with Crippen molar-refractivity contribution in [3.8, 4) is 11.5 Å². The summed E-state index contributed by atoms with van der Waals surface area (Å²) in [5.74, 6) is 1.31. The number of halogens is 2. The first kappa shape index (κ1) is 21.0. The lowest BCUT2D eigenvalue weighted by Gasteiger charge is -2.12. The van der Waals surface area contributed by atoms with E-state index in [0.29, 0.717) is 26.9 Å². The fraction of sp³-hybridized carbons (Fsp3) is 0.250. The predicted octanol–water partition coefficient (Wildman–Crippen LogP) is 5.16. The van der Waals surface area contributed by atoms with Gasteiger partial charge in [-0.3, -0.25) is 5.10 Å². The summed E-state index contributed by atoms with van der Waals surface area (Å²) in [6, 6.07) is 9.83. The van der Waals surface area contributed by atoms with Gasteiger partial charge in [0.25, 0.3) is 0 Å². The first-order valence-corrected chi connectivity index (χ1v) is 9.76. The summed E-state index contributed by atoms with van der Waals surface area (Å²) < 4.78 is 27.1. The summed E-state index contributed by atoms with van der Waals surface area (Å²) in [5, 5.41) is 11.6. The van der Waals surface area contributed by atoms with E-state index in [1.807, 2.05) is 6.07 Å². The Kier molecular flexibility index (Phi) is 7.00. The minimum atomic E-state index is -0.417. The van der Waals surface area contributed by atoms with Gasteiger partial charge in [0.1, 0.15) is 12.4 Å². The van der Waals surface area contributed by atoms with Gasteiger partial charge in [-0.15, -0.1) is 0 Å². The number of aromatic nitrogens is 3. The summed E-state index contributed by atoms with van der Waals surface area (Å²) in [4.78, 5) is 0. The van der Waals surface area contributed by atoms with E-state index in [1.165, 1.54) is 13.2 Å². The molecule has 0 amide bonds. The maximum Gasteiger partial charge on any atom is 0.216 e. The maximum absolute atomic E-state index is 13.9. The largest absolute Gasteiger partial charge is 0.493 e. The lowest BCUT2D eigenvalue weighted by Crippen LogP contribution is -2.02. The van der Waals surface area contributed by atoms with E-state index >= 15 is 0 Å². The molecule has 0 aliphatic carbocycles. The summed E-state index contributed by atoms with van der Waals surface area (Å²) >= 11 is 11.3. The Labute approximate surface area is 177 Å². The van der Waals surface area contributed by atoms with Crippen LogP contribution in [0.1, 0.15) is 30.3 Å². The fourth-order valence-corrected chi connectivity index (χ4v) is 3.07. The molecular formula is C20H20ClFN4O2S. The number of methoxy groups -OCH3 is 1. The van der Waals surface area contributed by atoms with Crippen molar-refractivity contribution in [3.05, 3.63) is 69.0 Å². The van der Waals surface area contributed by atoms with Crippen LogP contribution in [0.2, 0.25) is 5.02 Å². The topological polar surface area (TPSA) is 64.4 Å². The van der Waals surface area contributed by atoms with Crippen molar-refractivity contribution in [1.82, 2.24) is 14.9 Å². The molecule has 6 nitrogen and oxygen atoms in total. The molecule has 152 valence electrons. The number of H-pyrrole nitrogens is 1. The van der Waals surface area contributed by atoms with Crippen molar-refractivity contribution in [2.24, 2.45) is 5.10 Å². The molecule has 0 saturated heterocycles. The average Bonchev–Trinajstić information content (AvgIpc) is 3.06. The normalized spacial score (nSPS) is 11.2. The zero-order chi connectivity index (χ0) is 20.8. The van der Waals surface area contributed by atoms with Crippen LogP contribution in [0, 0.1) is 10.6 Å². The molecule has 2 aromatic carbocycles. The number of nitrogens with one attached hydrogen (secondary N) is 1. The average molecular weight is 435 g/mol. The molecule has 1 heterocycles. The standard InChI is InChI=1S/C20H20ClFN4O2S/c1-3-5-19-24-25-20(29)26(19)23-11-13-8-9-17(18(10-13)27-2)28-12-14-15(21)6-4-7-16(14)22/h4,6-11H,3,5,12H2,1-2H3,(H,25,29)/b23-11-. The van der Waals surface area contributed by atoms with E-state index in [4.69, 9.17) is 33.3 Å². The Morgan fingerprint density at radius 1 is 1.31 bits per heavy atom. The lowest BCUT2D eigenvalue weighted by molar-refractivity contribution is 0.280. The van der Waals surface area contributed by atoms with Crippen LogP contribution in [0.5, 0.6) is 11.5 Å². The van der Waals surface area contributed by atoms with E-state index in [1.54, 1.807) is 35.2 Å². The van der Waals surface area contributed by atoms with Gasteiger partial charge < -0.3 is 9.47 Å². The molecular weight excluding hydrogens is 415 g/mol. The molecule has 3 aromatic rings. The molecule has 29 heavy (non-hydrogen) atoms. The van der Waals surface area contributed by atoms with Crippen LogP contribution in [0.25, 0.3) is 0 Å². The highest BCUT2D eigenvalue weighted by Crippen LogP contribution is 2.29. The summed E-state index contributed by atoms with van der Waals surface area (Å²) in [5.41, 5.74) is 1.07. The number of hydrogen-bond acceptors (Lipinski definition) is 5. The number of ether oxygens (including phenoxy) is 2. The second-order valence-electron chi connectivity index (χ2n) is 6.15. The number of hydrogen-bond donors (Lipinski definition) is 1. The number of rotatable bonds is 8. The highest BCUT2D eigenvalue weighted by Gasteiger charge is 2.11. The third-order valence-corrected chi connectivity index (χ3v) is 4.75. The number of aryl methyl sites for hydroxylation is 1. The van der Waals surface area contributed by atoms with Gasteiger partial charge >= 0.3 is 0 Å². The van der Waals surface area contributed by atoms with Gasteiger partial charge in [0.2, 0.25) is 4.77 Å².